The second-order valence-corrected chi connectivity index (χ2v) is 7.24. The standard InChI is InChI=1S/C21H20ClFN2O4/c1-12-15(22)6-5-8-17(12)24-20(27)13(2)29-21(28)14-10-19(26)25(11-14)18-9-4-3-7-16(18)23/h3-9,13-14H,10-11H2,1-2H3,(H,24,27)/t13-,14-/m0/s1. The van der Waals surface area contributed by atoms with Gasteiger partial charge in [0.05, 0.1) is 11.6 Å². The number of anilines is 2. The molecule has 0 saturated carbocycles. The Hall–Kier alpha value is -2.93. The molecule has 1 saturated heterocycles. The minimum Gasteiger partial charge on any atom is -0.452 e. The maximum absolute atomic E-state index is 14.0. The first-order valence-corrected chi connectivity index (χ1v) is 9.47. The van der Waals surface area contributed by atoms with Crippen molar-refractivity contribution in [2.24, 2.45) is 5.92 Å². The average Bonchev–Trinajstić information content (AvgIpc) is 3.07. The van der Waals surface area contributed by atoms with Gasteiger partial charge in [0.15, 0.2) is 6.10 Å². The van der Waals surface area contributed by atoms with Crippen molar-refractivity contribution in [3.63, 3.8) is 0 Å². The Morgan fingerprint density at radius 1 is 1.24 bits per heavy atom. The van der Waals surface area contributed by atoms with Gasteiger partial charge in [0.25, 0.3) is 5.91 Å². The lowest BCUT2D eigenvalue weighted by Gasteiger charge is -2.18. The smallest absolute Gasteiger partial charge is 0.312 e. The predicted octanol–water partition coefficient (Wildman–Crippen LogP) is 3.71. The third-order valence-corrected chi connectivity index (χ3v) is 5.20. The molecule has 2 aromatic carbocycles. The lowest BCUT2D eigenvalue weighted by atomic mass is 10.1. The Morgan fingerprint density at radius 2 is 1.97 bits per heavy atom. The van der Waals surface area contributed by atoms with Crippen molar-refractivity contribution in [1.29, 1.82) is 0 Å². The minimum absolute atomic E-state index is 0.000338. The van der Waals surface area contributed by atoms with Crippen molar-refractivity contribution in [1.82, 2.24) is 0 Å². The molecule has 1 N–H and O–H groups in total. The second kappa shape index (κ2) is 8.61. The van der Waals surface area contributed by atoms with E-state index in [4.69, 9.17) is 16.3 Å². The molecule has 1 heterocycles. The molecule has 2 aromatic rings. The van der Waals surface area contributed by atoms with Crippen LogP contribution in [0.15, 0.2) is 42.5 Å². The van der Waals surface area contributed by atoms with Gasteiger partial charge in [-0.3, -0.25) is 14.4 Å². The number of ether oxygens (including phenoxy) is 1. The predicted molar refractivity (Wildman–Crippen MR) is 107 cm³/mol. The van der Waals surface area contributed by atoms with Crippen LogP contribution in [0.3, 0.4) is 0 Å². The lowest BCUT2D eigenvalue weighted by molar-refractivity contribution is -0.157. The summed E-state index contributed by atoms with van der Waals surface area (Å²) < 4.78 is 19.2. The highest BCUT2D eigenvalue weighted by Crippen LogP contribution is 2.28. The second-order valence-electron chi connectivity index (χ2n) is 6.84. The van der Waals surface area contributed by atoms with Gasteiger partial charge >= 0.3 is 5.97 Å². The number of halogens is 2. The number of esters is 1. The molecular weight excluding hydrogens is 399 g/mol. The zero-order chi connectivity index (χ0) is 21.1. The van der Waals surface area contributed by atoms with Gasteiger partial charge in [0.2, 0.25) is 5.91 Å². The molecule has 3 rings (SSSR count). The molecule has 1 aliphatic heterocycles. The molecule has 1 aliphatic rings. The highest BCUT2D eigenvalue weighted by Gasteiger charge is 2.38. The Balaban J connectivity index is 1.61. The molecule has 0 bridgehead atoms. The van der Waals surface area contributed by atoms with E-state index < -0.39 is 29.7 Å². The number of nitrogens with one attached hydrogen (secondary N) is 1. The third-order valence-electron chi connectivity index (χ3n) is 4.79. The lowest BCUT2D eigenvalue weighted by Crippen LogP contribution is -2.33. The Bertz CT molecular complexity index is 965. The van der Waals surface area contributed by atoms with E-state index in [0.29, 0.717) is 16.3 Å². The van der Waals surface area contributed by atoms with Crippen molar-refractivity contribution in [2.45, 2.75) is 26.4 Å². The summed E-state index contributed by atoms with van der Waals surface area (Å²) in [6.45, 7) is 3.20. The first kappa shape index (κ1) is 20.8. The van der Waals surface area contributed by atoms with Crippen molar-refractivity contribution in [3.8, 4) is 0 Å². The fraction of sp³-hybridized carbons (Fsp3) is 0.286. The number of carbonyl (C=O) groups excluding carboxylic acids is 3. The van der Waals surface area contributed by atoms with Crippen LogP contribution in [-0.4, -0.2) is 30.4 Å². The summed E-state index contributed by atoms with van der Waals surface area (Å²) in [5.74, 6) is -2.88. The fourth-order valence-electron chi connectivity index (χ4n) is 3.07. The van der Waals surface area contributed by atoms with Crippen LogP contribution < -0.4 is 10.2 Å². The zero-order valence-corrected chi connectivity index (χ0v) is 16.7. The van der Waals surface area contributed by atoms with Crippen LogP contribution >= 0.6 is 11.6 Å². The van der Waals surface area contributed by atoms with Crippen molar-refractivity contribution >= 4 is 40.8 Å². The number of amides is 2. The maximum Gasteiger partial charge on any atom is 0.312 e. The molecule has 0 radical (unpaired) electrons. The summed E-state index contributed by atoms with van der Waals surface area (Å²) in [4.78, 5) is 38.3. The monoisotopic (exact) mass is 418 g/mol. The maximum atomic E-state index is 14.0. The molecule has 0 unspecified atom stereocenters. The molecule has 1 fully saturated rings. The van der Waals surface area contributed by atoms with Crippen LogP contribution in [0.5, 0.6) is 0 Å². The van der Waals surface area contributed by atoms with Crippen LogP contribution in [-0.2, 0) is 19.1 Å². The molecule has 0 spiro atoms. The quantitative estimate of drug-likeness (QED) is 0.751. The Labute approximate surface area is 172 Å². The van der Waals surface area contributed by atoms with Gasteiger partial charge in [-0.15, -0.1) is 0 Å². The van der Waals surface area contributed by atoms with E-state index in [1.807, 2.05) is 0 Å². The first-order chi connectivity index (χ1) is 13.8. The van der Waals surface area contributed by atoms with E-state index in [9.17, 15) is 18.8 Å². The molecule has 2 amide bonds. The highest BCUT2D eigenvalue weighted by molar-refractivity contribution is 6.31. The summed E-state index contributed by atoms with van der Waals surface area (Å²) in [7, 11) is 0. The Kier molecular flexibility index (Phi) is 6.17. The highest BCUT2D eigenvalue weighted by atomic mass is 35.5. The van der Waals surface area contributed by atoms with E-state index in [1.165, 1.54) is 30.0 Å². The van der Waals surface area contributed by atoms with Crippen molar-refractivity contribution in [3.05, 3.63) is 58.9 Å². The number of benzene rings is 2. The number of carbonyl (C=O) groups is 3. The Morgan fingerprint density at radius 3 is 2.69 bits per heavy atom. The minimum atomic E-state index is -1.07. The number of hydrogen-bond donors (Lipinski definition) is 1. The first-order valence-electron chi connectivity index (χ1n) is 9.09. The van der Waals surface area contributed by atoms with Gasteiger partial charge in [-0.25, -0.2) is 4.39 Å². The van der Waals surface area contributed by atoms with Gasteiger partial charge in [-0.1, -0.05) is 29.8 Å². The van der Waals surface area contributed by atoms with Gasteiger partial charge in [0.1, 0.15) is 5.82 Å². The zero-order valence-electron chi connectivity index (χ0n) is 15.9. The van der Waals surface area contributed by atoms with Crippen LogP contribution in [0.25, 0.3) is 0 Å². The van der Waals surface area contributed by atoms with Crippen molar-refractivity contribution < 1.29 is 23.5 Å². The van der Waals surface area contributed by atoms with E-state index in [0.717, 1.165) is 0 Å². The topological polar surface area (TPSA) is 75.7 Å². The summed E-state index contributed by atoms with van der Waals surface area (Å²) in [5, 5.41) is 3.17. The average molecular weight is 419 g/mol. The van der Waals surface area contributed by atoms with Crippen LogP contribution in [0.1, 0.15) is 18.9 Å². The molecule has 29 heavy (non-hydrogen) atoms. The molecule has 152 valence electrons. The summed E-state index contributed by atoms with van der Waals surface area (Å²) >= 11 is 6.04. The molecule has 8 heteroatoms. The van der Waals surface area contributed by atoms with Crippen LogP contribution in [0.2, 0.25) is 5.02 Å². The van der Waals surface area contributed by atoms with Gasteiger partial charge in [-0.2, -0.15) is 0 Å². The number of para-hydroxylation sites is 1. The normalized spacial score (nSPS) is 17.2. The SMILES string of the molecule is Cc1c(Cl)cccc1NC(=O)[C@H](C)OC(=O)[C@H]1CC(=O)N(c2ccccc2F)C1. The summed E-state index contributed by atoms with van der Waals surface area (Å²) in [6, 6.07) is 10.9. The van der Waals surface area contributed by atoms with E-state index in [-0.39, 0.29) is 24.6 Å². The summed E-state index contributed by atoms with van der Waals surface area (Å²) in [5.41, 5.74) is 1.34. The molecule has 6 nitrogen and oxygen atoms in total. The molecule has 0 aliphatic carbocycles. The van der Waals surface area contributed by atoms with Gasteiger partial charge in [-0.05, 0) is 43.7 Å². The summed E-state index contributed by atoms with van der Waals surface area (Å²) in [6.07, 6.45) is -1.17. The van der Waals surface area contributed by atoms with E-state index >= 15 is 0 Å². The largest absolute Gasteiger partial charge is 0.452 e. The molecule has 2 atom stereocenters. The number of nitrogens with zero attached hydrogens (tertiary/aromatic N) is 1. The van der Waals surface area contributed by atoms with E-state index in [1.54, 1.807) is 31.2 Å². The number of rotatable bonds is 5. The van der Waals surface area contributed by atoms with Gasteiger partial charge in [0, 0.05) is 23.7 Å². The van der Waals surface area contributed by atoms with Crippen LogP contribution in [0, 0.1) is 18.7 Å². The van der Waals surface area contributed by atoms with Crippen molar-refractivity contribution in [2.75, 3.05) is 16.8 Å². The fourth-order valence-corrected chi connectivity index (χ4v) is 3.24. The molecular formula is C21H20ClFN2O4. The van der Waals surface area contributed by atoms with Gasteiger partial charge < -0.3 is 15.0 Å². The molecule has 0 aromatic heterocycles. The third kappa shape index (κ3) is 4.56. The van der Waals surface area contributed by atoms with E-state index in [2.05, 4.69) is 5.32 Å². The van der Waals surface area contributed by atoms with Crippen LogP contribution in [0.4, 0.5) is 15.8 Å². The number of hydrogen-bond acceptors (Lipinski definition) is 4.